The Morgan fingerprint density at radius 3 is 2.27 bits per heavy atom. The quantitative estimate of drug-likeness (QED) is 0.444. The third kappa shape index (κ3) is 8.47. The molecule has 2 aromatic carbocycles. The number of carbonyl (C=O) groups excluding carboxylic acids is 2. The van der Waals surface area contributed by atoms with E-state index in [2.05, 4.69) is 21.2 Å². The van der Waals surface area contributed by atoms with Crippen molar-refractivity contribution in [1.29, 1.82) is 0 Å². The molecule has 0 aliphatic rings. The fraction of sp³-hybridized carbons (Fsp3) is 0.417. The van der Waals surface area contributed by atoms with E-state index in [9.17, 15) is 18.0 Å². The van der Waals surface area contributed by atoms with Gasteiger partial charge in [-0.05, 0) is 49.6 Å². The molecule has 0 radical (unpaired) electrons. The molecule has 1 atom stereocenters. The van der Waals surface area contributed by atoms with Crippen LogP contribution < -0.4 is 9.62 Å². The van der Waals surface area contributed by atoms with Crippen molar-refractivity contribution in [1.82, 2.24) is 10.2 Å². The van der Waals surface area contributed by atoms with Gasteiger partial charge in [0.05, 0.1) is 11.9 Å². The van der Waals surface area contributed by atoms with E-state index < -0.39 is 16.1 Å². The molecule has 0 saturated carbocycles. The monoisotopic (exact) mass is 537 g/mol. The molecule has 0 unspecified atom stereocenters. The van der Waals surface area contributed by atoms with Crippen LogP contribution in [0.4, 0.5) is 5.69 Å². The Labute approximate surface area is 205 Å². The minimum atomic E-state index is -3.49. The van der Waals surface area contributed by atoms with Gasteiger partial charge in [-0.25, -0.2) is 8.42 Å². The molecule has 0 heterocycles. The summed E-state index contributed by atoms with van der Waals surface area (Å²) in [5.41, 5.74) is 1.47. The molecule has 33 heavy (non-hydrogen) atoms. The van der Waals surface area contributed by atoms with Crippen molar-refractivity contribution in [3.8, 4) is 0 Å². The normalized spacial score (nSPS) is 12.1. The molecule has 0 aromatic heterocycles. The number of nitrogens with one attached hydrogen (secondary N) is 1. The Morgan fingerprint density at radius 2 is 1.70 bits per heavy atom. The summed E-state index contributed by atoms with van der Waals surface area (Å²) in [6.07, 6.45) is 2.42. The van der Waals surface area contributed by atoms with Crippen LogP contribution in [0.5, 0.6) is 0 Å². The van der Waals surface area contributed by atoms with E-state index in [1.54, 1.807) is 36.1 Å². The molecule has 0 spiro atoms. The molecule has 0 saturated heterocycles. The molecule has 9 heteroatoms. The van der Waals surface area contributed by atoms with Gasteiger partial charge in [-0.1, -0.05) is 53.2 Å². The number of amides is 2. The Hall–Kier alpha value is -2.39. The zero-order valence-electron chi connectivity index (χ0n) is 19.3. The maximum atomic E-state index is 13.2. The number of benzene rings is 2. The third-order valence-electron chi connectivity index (χ3n) is 5.18. The second-order valence-electron chi connectivity index (χ2n) is 7.89. The van der Waals surface area contributed by atoms with Gasteiger partial charge in [0.15, 0.2) is 0 Å². The van der Waals surface area contributed by atoms with Crippen LogP contribution in [0.3, 0.4) is 0 Å². The van der Waals surface area contributed by atoms with Crippen LogP contribution in [0.15, 0.2) is 59.1 Å². The first-order chi connectivity index (χ1) is 15.6. The van der Waals surface area contributed by atoms with Gasteiger partial charge in [-0.3, -0.25) is 13.9 Å². The average Bonchev–Trinajstić information content (AvgIpc) is 2.79. The number of sulfonamides is 1. The Morgan fingerprint density at radius 1 is 1.06 bits per heavy atom. The summed E-state index contributed by atoms with van der Waals surface area (Å²) < 4.78 is 26.8. The van der Waals surface area contributed by atoms with E-state index in [-0.39, 0.29) is 24.8 Å². The second-order valence-corrected chi connectivity index (χ2v) is 10.7. The Bertz CT molecular complexity index is 1010. The van der Waals surface area contributed by atoms with Crippen LogP contribution in [0.1, 0.15) is 38.7 Å². The molecule has 1 N–H and O–H groups in total. The highest BCUT2D eigenvalue weighted by molar-refractivity contribution is 9.10. The third-order valence-corrected chi connectivity index (χ3v) is 6.90. The van der Waals surface area contributed by atoms with Crippen molar-refractivity contribution in [2.45, 2.75) is 45.7 Å². The predicted octanol–water partition coefficient (Wildman–Crippen LogP) is 3.94. The van der Waals surface area contributed by atoms with Gasteiger partial charge < -0.3 is 10.2 Å². The standard InChI is InChI=1S/C24H32BrN3O4S/c1-4-16-26-24(30)19(2)27(18-20-12-14-21(25)15-13-20)23(29)11-8-17-28(33(3,31)32)22-9-6-5-7-10-22/h5-7,9-10,12-15,19H,4,8,11,16-18H2,1-3H3,(H,26,30)/t19-/m1/s1. The highest BCUT2D eigenvalue weighted by Gasteiger charge is 2.26. The Balaban J connectivity index is 2.12. The number of para-hydroxylation sites is 1. The smallest absolute Gasteiger partial charge is 0.242 e. The van der Waals surface area contributed by atoms with Crippen molar-refractivity contribution in [3.05, 3.63) is 64.6 Å². The van der Waals surface area contributed by atoms with Gasteiger partial charge in [0.1, 0.15) is 6.04 Å². The first kappa shape index (κ1) is 26.9. The van der Waals surface area contributed by atoms with Crippen molar-refractivity contribution < 1.29 is 18.0 Å². The largest absolute Gasteiger partial charge is 0.354 e. The summed E-state index contributed by atoms with van der Waals surface area (Å²) in [7, 11) is -3.49. The maximum absolute atomic E-state index is 13.2. The lowest BCUT2D eigenvalue weighted by molar-refractivity contribution is -0.140. The molecule has 0 bridgehead atoms. The predicted molar refractivity (Wildman–Crippen MR) is 135 cm³/mol. The molecule has 0 fully saturated rings. The number of anilines is 1. The lowest BCUT2D eigenvalue weighted by Crippen LogP contribution is -2.47. The van der Waals surface area contributed by atoms with Crippen molar-refractivity contribution in [3.63, 3.8) is 0 Å². The number of hydrogen-bond acceptors (Lipinski definition) is 4. The number of nitrogens with zero attached hydrogens (tertiary/aromatic N) is 2. The summed E-state index contributed by atoms with van der Waals surface area (Å²) in [5.74, 6) is -0.400. The van der Waals surface area contributed by atoms with E-state index in [1.807, 2.05) is 37.3 Å². The lowest BCUT2D eigenvalue weighted by atomic mass is 10.1. The molecule has 0 aliphatic heterocycles. The molecular weight excluding hydrogens is 506 g/mol. The van der Waals surface area contributed by atoms with Gasteiger partial charge in [-0.2, -0.15) is 0 Å². The zero-order chi connectivity index (χ0) is 24.4. The van der Waals surface area contributed by atoms with Crippen molar-refractivity contribution >= 4 is 43.5 Å². The van der Waals surface area contributed by atoms with E-state index in [1.165, 1.54) is 4.31 Å². The zero-order valence-corrected chi connectivity index (χ0v) is 21.7. The summed E-state index contributed by atoms with van der Waals surface area (Å²) in [6, 6.07) is 15.8. The Kier molecular flexibility index (Phi) is 10.4. The fourth-order valence-electron chi connectivity index (χ4n) is 3.36. The number of carbonyl (C=O) groups is 2. The minimum absolute atomic E-state index is 0.126. The maximum Gasteiger partial charge on any atom is 0.242 e. The van der Waals surface area contributed by atoms with E-state index in [0.29, 0.717) is 25.2 Å². The SMILES string of the molecule is CCCNC(=O)[C@@H](C)N(Cc1ccc(Br)cc1)C(=O)CCCN(c1ccccc1)S(C)(=O)=O. The number of rotatable bonds is 12. The van der Waals surface area contributed by atoms with Crippen LogP contribution in [-0.2, 0) is 26.2 Å². The summed E-state index contributed by atoms with van der Waals surface area (Å²) in [6.45, 7) is 4.70. The molecule has 2 aromatic rings. The summed E-state index contributed by atoms with van der Waals surface area (Å²) in [5, 5.41) is 2.85. The minimum Gasteiger partial charge on any atom is -0.354 e. The van der Waals surface area contributed by atoms with E-state index in [0.717, 1.165) is 22.7 Å². The molecular formula is C24H32BrN3O4S. The average molecular weight is 539 g/mol. The van der Waals surface area contributed by atoms with Gasteiger partial charge >= 0.3 is 0 Å². The van der Waals surface area contributed by atoms with Crippen LogP contribution in [0, 0.1) is 0 Å². The number of halogens is 1. The van der Waals surface area contributed by atoms with Gasteiger partial charge in [0.2, 0.25) is 21.8 Å². The van der Waals surface area contributed by atoms with Crippen LogP contribution in [0.25, 0.3) is 0 Å². The van der Waals surface area contributed by atoms with Crippen LogP contribution in [-0.4, -0.2) is 50.5 Å². The van der Waals surface area contributed by atoms with Gasteiger partial charge in [-0.15, -0.1) is 0 Å². The summed E-state index contributed by atoms with van der Waals surface area (Å²) >= 11 is 3.41. The highest BCUT2D eigenvalue weighted by atomic mass is 79.9. The lowest BCUT2D eigenvalue weighted by Gasteiger charge is -2.29. The highest BCUT2D eigenvalue weighted by Crippen LogP contribution is 2.19. The molecule has 0 aliphatic carbocycles. The van der Waals surface area contributed by atoms with E-state index in [4.69, 9.17) is 0 Å². The van der Waals surface area contributed by atoms with Crippen LogP contribution >= 0.6 is 15.9 Å². The van der Waals surface area contributed by atoms with Crippen molar-refractivity contribution in [2.75, 3.05) is 23.7 Å². The van der Waals surface area contributed by atoms with Gasteiger partial charge in [0, 0.05) is 30.5 Å². The molecule has 2 rings (SSSR count). The first-order valence-corrected chi connectivity index (χ1v) is 13.6. The van der Waals surface area contributed by atoms with Crippen molar-refractivity contribution in [2.24, 2.45) is 0 Å². The van der Waals surface area contributed by atoms with Gasteiger partial charge in [0.25, 0.3) is 0 Å². The topological polar surface area (TPSA) is 86.8 Å². The first-order valence-electron chi connectivity index (χ1n) is 11.0. The van der Waals surface area contributed by atoms with Crippen LogP contribution in [0.2, 0.25) is 0 Å². The molecule has 7 nitrogen and oxygen atoms in total. The molecule has 2 amide bonds. The fourth-order valence-corrected chi connectivity index (χ4v) is 4.59. The second kappa shape index (κ2) is 12.7. The molecule has 180 valence electrons. The van der Waals surface area contributed by atoms with E-state index >= 15 is 0 Å². The summed E-state index contributed by atoms with van der Waals surface area (Å²) in [4.78, 5) is 27.3. The number of hydrogen-bond donors (Lipinski definition) is 1.